The number of benzene rings is 1. The van der Waals surface area contributed by atoms with Gasteiger partial charge in [0.2, 0.25) is 0 Å². The van der Waals surface area contributed by atoms with Gasteiger partial charge in [0.1, 0.15) is 0 Å². The Morgan fingerprint density at radius 1 is 1.36 bits per heavy atom. The smallest absolute Gasteiger partial charge is 0.370 e. The van der Waals surface area contributed by atoms with Gasteiger partial charge in [-0.1, -0.05) is 6.92 Å². The van der Waals surface area contributed by atoms with Gasteiger partial charge in [-0.25, -0.2) is 8.78 Å². The fourth-order valence-corrected chi connectivity index (χ4v) is 2.49. The maximum atomic E-state index is 13.5. The average molecular weight is 322 g/mol. The molecule has 3 nitrogen and oxygen atoms in total. The average Bonchev–Trinajstić information content (AvgIpc) is 2.40. The molecule has 1 aromatic carbocycles. The predicted molar refractivity (Wildman–Crippen MR) is 70.9 cm³/mol. The highest BCUT2D eigenvalue weighted by atomic mass is 19.4. The second-order valence-corrected chi connectivity index (χ2v) is 5.45. The Kier molecular flexibility index (Phi) is 4.06. The summed E-state index contributed by atoms with van der Waals surface area (Å²) in [6.07, 6.45) is -5.03. The fourth-order valence-electron chi connectivity index (χ4n) is 2.49. The van der Waals surface area contributed by atoms with E-state index in [2.05, 4.69) is 0 Å². The van der Waals surface area contributed by atoms with Crippen molar-refractivity contribution in [1.29, 1.82) is 0 Å². The Morgan fingerprint density at radius 2 is 2.00 bits per heavy atom. The molecule has 2 rings (SSSR count). The highest BCUT2D eigenvalue weighted by Gasteiger charge is 2.42. The molecule has 1 aromatic rings. The first-order valence-corrected chi connectivity index (χ1v) is 6.66. The first-order chi connectivity index (χ1) is 10.0. The highest BCUT2D eigenvalue weighted by Crippen LogP contribution is 2.37. The van der Waals surface area contributed by atoms with Crippen LogP contribution < -0.4 is 10.6 Å². The van der Waals surface area contributed by atoms with Crippen LogP contribution in [-0.4, -0.2) is 24.9 Å². The molecular formula is C14H15F5N2O. The number of anilines is 1. The number of halogens is 5. The summed E-state index contributed by atoms with van der Waals surface area (Å²) < 4.78 is 65.1. The second kappa shape index (κ2) is 5.40. The van der Waals surface area contributed by atoms with Gasteiger partial charge in [-0.05, 0) is 18.2 Å². The van der Waals surface area contributed by atoms with Gasteiger partial charge in [0.15, 0.2) is 0 Å². The number of nitrogens with zero attached hydrogens (tertiary/aromatic N) is 1. The largest absolute Gasteiger partial charge is 0.416 e. The standard InChI is InChI=1S/C14H15F5N2O/c1-8-7-21(5-4-13(8,15)16)11-3-2-9(14(17,18)19)6-10(11)12(20)22/h2-3,6,8H,4-5,7H2,1H3,(H2,20,22). The number of hydrogen-bond donors (Lipinski definition) is 1. The van der Waals surface area contributed by atoms with Crippen molar-refractivity contribution in [1.82, 2.24) is 0 Å². The Balaban J connectivity index is 2.38. The second-order valence-electron chi connectivity index (χ2n) is 5.45. The van der Waals surface area contributed by atoms with Gasteiger partial charge >= 0.3 is 6.18 Å². The maximum Gasteiger partial charge on any atom is 0.416 e. The van der Waals surface area contributed by atoms with Crippen LogP contribution in [0.2, 0.25) is 0 Å². The molecular weight excluding hydrogens is 307 g/mol. The Labute approximate surface area is 123 Å². The number of nitrogens with two attached hydrogens (primary N) is 1. The number of carbonyl (C=O) groups excluding carboxylic acids is 1. The third-order valence-corrected chi connectivity index (χ3v) is 3.86. The number of carbonyl (C=O) groups is 1. The van der Waals surface area contributed by atoms with Crippen LogP contribution in [0.25, 0.3) is 0 Å². The van der Waals surface area contributed by atoms with E-state index in [9.17, 15) is 26.7 Å². The summed E-state index contributed by atoms with van der Waals surface area (Å²) in [5.74, 6) is -4.81. The van der Waals surface area contributed by atoms with E-state index in [4.69, 9.17) is 5.73 Å². The highest BCUT2D eigenvalue weighted by molar-refractivity contribution is 5.99. The molecule has 1 amide bonds. The first kappa shape index (κ1) is 16.5. The van der Waals surface area contributed by atoms with Crippen molar-refractivity contribution in [3.05, 3.63) is 29.3 Å². The number of piperidine rings is 1. The lowest BCUT2D eigenvalue weighted by molar-refractivity contribution is -0.137. The van der Waals surface area contributed by atoms with Crippen LogP contribution in [0.1, 0.15) is 29.3 Å². The molecule has 1 atom stereocenters. The molecule has 1 unspecified atom stereocenters. The van der Waals surface area contributed by atoms with Gasteiger partial charge in [-0.2, -0.15) is 13.2 Å². The topological polar surface area (TPSA) is 46.3 Å². The van der Waals surface area contributed by atoms with Crippen LogP contribution in [0.15, 0.2) is 18.2 Å². The molecule has 0 spiro atoms. The van der Waals surface area contributed by atoms with E-state index in [-0.39, 0.29) is 24.3 Å². The van der Waals surface area contributed by atoms with Gasteiger partial charge in [0, 0.05) is 31.1 Å². The third-order valence-electron chi connectivity index (χ3n) is 3.86. The molecule has 0 bridgehead atoms. The van der Waals surface area contributed by atoms with Crippen molar-refractivity contribution in [2.75, 3.05) is 18.0 Å². The zero-order valence-electron chi connectivity index (χ0n) is 11.8. The molecule has 0 radical (unpaired) electrons. The summed E-state index contributed by atoms with van der Waals surface area (Å²) in [6, 6.07) is 2.59. The fraction of sp³-hybridized carbons (Fsp3) is 0.500. The Hall–Kier alpha value is -1.86. The summed E-state index contributed by atoms with van der Waals surface area (Å²) in [7, 11) is 0. The number of amides is 1. The lowest BCUT2D eigenvalue weighted by atomic mass is 9.94. The minimum atomic E-state index is -4.61. The van der Waals surface area contributed by atoms with Gasteiger partial charge in [-0.3, -0.25) is 4.79 Å². The molecule has 1 saturated heterocycles. The van der Waals surface area contributed by atoms with Crippen LogP contribution in [0.5, 0.6) is 0 Å². The van der Waals surface area contributed by atoms with Gasteiger partial charge < -0.3 is 10.6 Å². The van der Waals surface area contributed by atoms with Gasteiger partial charge in [-0.15, -0.1) is 0 Å². The van der Waals surface area contributed by atoms with Crippen molar-refractivity contribution in [2.45, 2.75) is 25.4 Å². The molecule has 0 aromatic heterocycles. The summed E-state index contributed by atoms with van der Waals surface area (Å²) in [5, 5.41) is 0. The zero-order chi connectivity index (χ0) is 16.7. The predicted octanol–water partition coefficient (Wildman–Crippen LogP) is 3.29. The van der Waals surface area contributed by atoms with Crippen LogP contribution in [-0.2, 0) is 6.18 Å². The van der Waals surface area contributed by atoms with Crippen LogP contribution in [0.4, 0.5) is 27.6 Å². The monoisotopic (exact) mass is 322 g/mol. The van der Waals surface area contributed by atoms with Gasteiger partial charge in [0.25, 0.3) is 11.8 Å². The quantitative estimate of drug-likeness (QED) is 0.849. The minimum absolute atomic E-state index is 0.0526. The van der Waals surface area contributed by atoms with Crippen molar-refractivity contribution >= 4 is 11.6 Å². The van der Waals surface area contributed by atoms with Crippen molar-refractivity contribution in [2.24, 2.45) is 11.7 Å². The number of alkyl halides is 5. The van der Waals surface area contributed by atoms with Crippen LogP contribution in [0, 0.1) is 5.92 Å². The normalized spacial score (nSPS) is 21.7. The summed E-state index contributed by atoms with van der Waals surface area (Å²) in [6.45, 7) is 1.25. The van der Waals surface area contributed by atoms with Crippen LogP contribution in [0.3, 0.4) is 0 Å². The molecule has 1 heterocycles. The minimum Gasteiger partial charge on any atom is -0.370 e. The number of primary amides is 1. The van der Waals surface area contributed by atoms with Crippen molar-refractivity contribution < 1.29 is 26.7 Å². The maximum absolute atomic E-state index is 13.5. The molecule has 122 valence electrons. The van der Waals surface area contributed by atoms with E-state index < -0.39 is 35.9 Å². The van der Waals surface area contributed by atoms with E-state index in [1.54, 1.807) is 0 Å². The molecule has 0 saturated carbocycles. The van der Waals surface area contributed by atoms with E-state index in [1.165, 1.54) is 11.8 Å². The Bertz CT molecular complexity index is 585. The van der Waals surface area contributed by atoms with E-state index in [0.717, 1.165) is 12.1 Å². The summed E-state index contributed by atoms with van der Waals surface area (Å²) in [4.78, 5) is 12.9. The summed E-state index contributed by atoms with van der Waals surface area (Å²) >= 11 is 0. The first-order valence-electron chi connectivity index (χ1n) is 6.66. The van der Waals surface area contributed by atoms with E-state index in [1.807, 2.05) is 0 Å². The molecule has 1 aliphatic rings. The Morgan fingerprint density at radius 3 is 2.50 bits per heavy atom. The van der Waals surface area contributed by atoms with E-state index in [0.29, 0.717) is 6.07 Å². The molecule has 1 fully saturated rings. The number of hydrogen-bond acceptors (Lipinski definition) is 2. The lowest BCUT2D eigenvalue weighted by Gasteiger charge is -2.38. The SMILES string of the molecule is CC1CN(c2ccc(C(F)(F)F)cc2C(N)=O)CCC1(F)F. The molecule has 0 aliphatic carbocycles. The lowest BCUT2D eigenvalue weighted by Crippen LogP contribution is -2.46. The molecule has 22 heavy (non-hydrogen) atoms. The van der Waals surface area contributed by atoms with Crippen molar-refractivity contribution in [3.8, 4) is 0 Å². The van der Waals surface area contributed by atoms with E-state index >= 15 is 0 Å². The molecule has 1 aliphatic heterocycles. The zero-order valence-corrected chi connectivity index (χ0v) is 11.8. The third kappa shape index (κ3) is 3.15. The summed E-state index contributed by atoms with van der Waals surface area (Å²) in [5.41, 5.74) is 3.98. The molecule has 2 N–H and O–H groups in total. The van der Waals surface area contributed by atoms with Gasteiger partial charge in [0.05, 0.1) is 11.1 Å². The molecule has 8 heteroatoms. The van der Waals surface area contributed by atoms with Crippen molar-refractivity contribution in [3.63, 3.8) is 0 Å². The number of rotatable bonds is 2. The van der Waals surface area contributed by atoms with Crippen LogP contribution >= 0.6 is 0 Å².